The summed E-state index contributed by atoms with van der Waals surface area (Å²) in [6.45, 7) is 5.89. The van der Waals surface area contributed by atoms with Gasteiger partial charge in [-0.1, -0.05) is 63.4 Å². The summed E-state index contributed by atoms with van der Waals surface area (Å²) in [6, 6.07) is 14.1. The van der Waals surface area contributed by atoms with E-state index >= 15 is 0 Å². The molecule has 10 nitrogen and oxygen atoms in total. The molecular formula is C34H42N4O6S2. The Morgan fingerprint density at radius 2 is 1.83 bits per heavy atom. The van der Waals surface area contributed by atoms with Crippen LogP contribution in [0.4, 0.5) is 11.5 Å². The van der Waals surface area contributed by atoms with Crippen LogP contribution < -0.4 is 9.80 Å². The molecule has 3 aliphatic rings. The lowest BCUT2D eigenvalue weighted by atomic mass is 9.82. The molecule has 2 aromatic heterocycles. The van der Waals surface area contributed by atoms with Crippen LogP contribution in [0.2, 0.25) is 0 Å². The number of carboxylic acid groups (broad SMARTS) is 1. The number of aromatic nitrogens is 1. The van der Waals surface area contributed by atoms with Gasteiger partial charge in [0.1, 0.15) is 15.6 Å². The van der Waals surface area contributed by atoms with Gasteiger partial charge in [-0.15, -0.1) is 11.3 Å². The molecule has 2 saturated heterocycles. The molecular weight excluding hydrogens is 625 g/mol. The normalized spacial score (nSPS) is 21.4. The van der Waals surface area contributed by atoms with E-state index in [0.29, 0.717) is 31.2 Å². The van der Waals surface area contributed by atoms with E-state index in [9.17, 15) is 23.1 Å². The predicted molar refractivity (Wildman–Crippen MR) is 179 cm³/mol. The number of carbonyl (C=O) groups excluding carboxylic acids is 1. The third kappa shape index (κ3) is 6.32. The van der Waals surface area contributed by atoms with Gasteiger partial charge in [-0.05, 0) is 55.4 Å². The van der Waals surface area contributed by atoms with E-state index in [1.807, 2.05) is 30.3 Å². The Hall–Kier alpha value is -3.32. The fourth-order valence-electron chi connectivity index (χ4n) is 7.18. The highest BCUT2D eigenvalue weighted by atomic mass is 32.2. The molecule has 0 radical (unpaired) electrons. The van der Waals surface area contributed by atoms with Gasteiger partial charge in [0.2, 0.25) is 15.9 Å². The molecule has 2 aliphatic heterocycles. The zero-order valence-corrected chi connectivity index (χ0v) is 28.1. The predicted octanol–water partition coefficient (Wildman–Crippen LogP) is 5.89. The minimum Gasteiger partial charge on any atom is -0.477 e. The topological polar surface area (TPSA) is 120 Å². The highest BCUT2D eigenvalue weighted by Crippen LogP contribution is 2.42. The lowest BCUT2D eigenvalue weighted by Gasteiger charge is -2.45. The molecule has 1 amide bonds. The lowest BCUT2D eigenvalue weighted by molar-refractivity contribution is -0.121. The maximum Gasteiger partial charge on any atom is 0.348 e. The van der Waals surface area contributed by atoms with Crippen molar-refractivity contribution in [3.05, 3.63) is 59.6 Å². The van der Waals surface area contributed by atoms with Crippen LogP contribution in [-0.2, 0) is 19.6 Å². The molecule has 46 heavy (non-hydrogen) atoms. The van der Waals surface area contributed by atoms with Crippen LogP contribution in [0.3, 0.4) is 0 Å². The second kappa shape index (κ2) is 13.4. The number of carboxylic acids is 1. The quantitative estimate of drug-likeness (QED) is 0.300. The maximum atomic E-state index is 14.0. The molecule has 1 saturated carbocycles. The number of pyridine rings is 1. The molecule has 0 unspecified atom stereocenters. The zero-order valence-electron chi connectivity index (χ0n) is 26.4. The Kier molecular flexibility index (Phi) is 9.52. The first kappa shape index (κ1) is 32.6. The van der Waals surface area contributed by atoms with E-state index in [2.05, 4.69) is 23.7 Å². The highest BCUT2D eigenvalue weighted by molar-refractivity contribution is 7.89. The van der Waals surface area contributed by atoms with E-state index in [1.54, 1.807) is 23.1 Å². The van der Waals surface area contributed by atoms with Crippen molar-refractivity contribution in [3.63, 3.8) is 0 Å². The molecule has 246 valence electrons. The van der Waals surface area contributed by atoms with Crippen molar-refractivity contribution < 1.29 is 27.9 Å². The van der Waals surface area contributed by atoms with Gasteiger partial charge in [-0.3, -0.25) is 4.79 Å². The van der Waals surface area contributed by atoms with E-state index in [-0.39, 0.29) is 34.4 Å². The molecule has 6 rings (SSSR count). The van der Waals surface area contributed by atoms with Gasteiger partial charge in [0.05, 0.1) is 30.5 Å². The summed E-state index contributed by atoms with van der Waals surface area (Å²) < 4.78 is 35.4. The van der Waals surface area contributed by atoms with E-state index in [4.69, 9.17) is 4.74 Å². The van der Waals surface area contributed by atoms with Crippen molar-refractivity contribution >= 4 is 44.7 Å². The molecule has 1 aromatic carbocycles. The smallest absolute Gasteiger partial charge is 0.348 e. The van der Waals surface area contributed by atoms with Crippen LogP contribution >= 0.6 is 11.3 Å². The van der Waals surface area contributed by atoms with Crippen LogP contribution in [0, 0.1) is 5.92 Å². The van der Waals surface area contributed by atoms with Gasteiger partial charge in [-0.2, -0.15) is 4.31 Å². The Morgan fingerprint density at radius 1 is 1.09 bits per heavy atom. The number of hydrogen-bond acceptors (Lipinski definition) is 8. The first-order valence-corrected chi connectivity index (χ1v) is 18.5. The Balaban J connectivity index is 1.29. The number of morpholine rings is 1. The molecule has 3 aromatic rings. The number of piperazine rings is 1. The minimum atomic E-state index is -4.05. The van der Waals surface area contributed by atoms with Gasteiger partial charge in [0.15, 0.2) is 0 Å². The number of sulfonamides is 1. The second-order valence-electron chi connectivity index (χ2n) is 12.5. The molecule has 4 heterocycles. The first-order valence-electron chi connectivity index (χ1n) is 16.3. The van der Waals surface area contributed by atoms with Gasteiger partial charge in [-0.25, -0.2) is 18.2 Å². The van der Waals surface area contributed by atoms with Gasteiger partial charge in [0, 0.05) is 30.7 Å². The van der Waals surface area contributed by atoms with Crippen molar-refractivity contribution in [2.45, 2.75) is 75.3 Å². The van der Waals surface area contributed by atoms with Crippen LogP contribution in [0.15, 0.2) is 59.6 Å². The van der Waals surface area contributed by atoms with E-state index in [1.165, 1.54) is 10.5 Å². The summed E-state index contributed by atoms with van der Waals surface area (Å²) in [5.41, 5.74) is 0.969. The van der Waals surface area contributed by atoms with Crippen molar-refractivity contribution in [1.29, 1.82) is 0 Å². The van der Waals surface area contributed by atoms with Crippen LogP contribution in [-0.4, -0.2) is 79.1 Å². The average Bonchev–Trinajstić information content (AvgIpc) is 3.54. The standard InChI is InChI=1S/C34H42N4O6S2/c1-3-34(4-2)23-36(17-18-44-34)30-16-15-26(20-35-30)46(42,43)37-21-28(24-11-7-5-8-12-24)38(31(39)22-37)27-19-29(45-32(27)33(40)41)25-13-9-6-10-14-25/h6,9-10,13-16,19-20,24,28H,3-5,7-8,11-12,17-18,21-23H2,1-2H3,(H,40,41)/t28-/m0/s1. The largest absolute Gasteiger partial charge is 0.477 e. The van der Waals surface area contributed by atoms with Gasteiger partial charge >= 0.3 is 5.97 Å². The molecule has 1 atom stereocenters. The molecule has 12 heteroatoms. The fourth-order valence-corrected chi connectivity index (χ4v) is 9.53. The van der Waals surface area contributed by atoms with Crippen molar-refractivity contribution in [1.82, 2.24) is 9.29 Å². The Bertz CT molecular complexity index is 1650. The maximum absolute atomic E-state index is 14.0. The van der Waals surface area contributed by atoms with Crippen LogP contribution in [0.25, 0.3) is 10.4 Å². The summed E-state index contributed by atoms with van der Waals surface area (Å²) in [6.07, 6.45) is 7.92. The number of thiophene rings is 1. The molecule has 1 N–H and O–H groups in total. The second-order valence-corrected chi connectivity index (χ2v) is 15.5. The minimum absolute atomic E-state index is 0.0403. The Labute approximate surface area is 275 Å². The average molecular weight is 667 g/mol. The van der Waals surface area contributed by atoms with Crippen molar-refractivity contribution in [3.8, 4) is 10.4 Å². The monoisotopic (exact) mass is 666 g/mol. The van der Waals surface area contributed by atoms with Crippen molar-refractivity contribution in [2.24, 2.45) is 5.92 Å². The fraction of sp³-hybridized carbons (Fsp3) is 0.500. The number of benzene rings is 1. The summed E-state index contributed by atoms with van der Waals surface area (Å²) >= 11 is 1.14. The third-order valence-electron chi connectivity index (χ3n) is 9.94. The number of aromatic carboxylic acids is 1. The number of ether oxygens (including phenoxy) is 1. The number of anilines is 2. The zero-order chi connectivity index (χ0) is 32.5. The SMILES string of the molecule is CCC1(CC)CN(c2ccc(S(=O)(=O)N3CC(=O)N(c4cc(-c5ccccc5)sc4C(=O)O)[C@H](C4CCCCC4)C3)cn2)CCO1. The number of amides is 1. The number of nitrogens with zero attached hydrogens (tertiary/aromatic N) is 4. The number of carbonyl (C=O) groups is 2. The lowest BCUT2D eigenvalue weighted by Crippen LogP contribution is -2.60. The Morgan fingerprint density at radius 3 is 2.48 bits per heavy atom. The molecule has 0 bridgehead atoms. The summed E-state index contributed by atoms with van der Waals surface area (Å²) in [7, 11) is -4.05. The number of rotatable bonds is 9. The van der Waals surface area contributed by atoms with Crippen LogP contribution in [0.1, 0.15) is 68.5 Å². The molecule has 3 fully saturated rings. The summed E-state index contributed by atoms with van der Waals surface area (Å²) in [5.74, 6) is -0.772. The highest BCUT2D eigenvalue weighted by Gasteiger charge is 2.44. The summed E-state index contributed by atoms with van der Waals surface area (Å²) in [4.78, 5) is 35.7. The first-order chi connectivity index (χ1) is 22.2. The van der Waals surface area contributed by atoms with Gasteiger partial charge < -0.3 is 19.6 Å². The third-order valence-corrected chi connectivity index (χ3v) is 12.9. The summed E-state index contributed by atoms with van der Waals surface area (Å²) in [5, 5.41) is 10.2. The van der Waals surface area contributed by atoms with Gasteiger partial charge in [0.25, 0.3) is 0 Å². The molecule has 1 aliphatic carbocycles. The van der Waals surface area contributed by atoms with E-state index in [0.717, 1.165) is 66.7 Å². The van der Waals surface area contributed by atoms with Crippen LogP contribution in [0.5, 0.6) is 0 Å². The number of hydrogen-bond donors (Lipinski definition) is 1. The van der Waals surface area contributed by atoms with E-state index < -0.39 is 27.9 Å². The molecule has 0 spiro atoms. The van der Waals surface area contributed by atoms with Crippen molar-refractivity contribution in [2.75, 3.05) is 42.6 Å².